The fourth-order valence-electron chi connectivity index (χ4n) is 2.66. The smallest absolute Gasteiger partial charge is 0.328 e. The molecule has 2 N–H and O–H groups in total. The maximum Gasteiger partial charge on any atom is 0.328 e. The fraction of sp³-hybridized carbons (Fsp3) is 0.524. The zero-order valence-electron chi connectivity index (χ0n) is 18.3. The summed E-state index contributed by atoms with van der Waals surface area (Å²) in [5.41, 5.74) is 0. The van der Waals surface area contributed by atoms with Crippen LogP contribution in [0.4, 0.5) is 11.9 Å². The van der Waals surface area contributed by atoms with Gasteiger partial charge in [0, 0.05) is 6.54 Å². The van der Waals surface area contributed by atoms with E-state index in [0.29, 0.717) is 24.7 Å². The van der Waals surface area contributed by atoms with Crippen molar-refractivity contribution < 1.29 is 19.0 Å². The second-order valence-electron chi connectivity index (χ2n) is 7.17. The minimum Gasteiger partial charge on any atom is -0.497 e. The van der Waals surface area contributed by atoms with Crippen LogP contribution < -0.4 is 20.1 Å². The van der Waals surface area contributed by atoms with E-state index in [9.17, 15) is 4.79 Å². The number of esters is 1. The van der Waals surface area contributed by atoms with Gasteiger partial charge in [-0.3, -0.25) is 0 Å². The normalized spacial score (nSPS) is 11.7. The molecule has 1 heterocycles. The number of methoxy groups -OCH3 is 2. The number of carbonyl (C=O) groups excluding carboxylic acids is 1. The predicted molar refractivity (Wildman–Crippen MR) is 115 cm³/mol. The lowest BCUT2D eigenvalue weighted by molar-refractivity contribution is -0.141. The number of anilines is 2. The molecule has 1 aromatic heterocycles. The van der Waals surface area contributed by atoms with E-state index in [1.165, 1.54) is 7.11 Å². The van der Waals surface area contributed by atoms with Crippen LogP contribution in [0.5, 0.6) is 17.5 Å². The topological polar surface area (TPSA) is 107 Å². The van der Waals surface area contributed by atoms with Crippen molar-refractivity contribution in [1.82, 2.24) is 15.0 Å². The van der Waals surface area contributed by atoms with Crippen LogP contribution in [0.2, 0.25) is 0 Å². The van der Waals surface area contributed by atoms with E-state index in [0.717, 1.165) is 18.6 Å². The van der Waals surface area contributed by atoms with Crippen LogP contribution in [0.1, 0.15) is 40.0 Å². The van der Waals surface area contributed by atoms with Crippen LogP contribution in [-0.2, 0) is 9.53 Å². The number of carbonyl (C=O) groups is 1. The molecule has 0 saturated carbocycles. The Labute approximate surface area is 177 Å². The van der Waals surface area contributed by atoms with Gasteiger partial charge in [0.25, 0.3) is 0 Å². The molecule has 0 aliphatic rings. The first kappa shape index (κ1) is 23.2. The van der Waals surface area contributed by atoms with E-state index >= 15 is 0 Å². The summed E-state index contributed by atoms with van der Waals surface area (Å²) < 4.78 is 15.9. The van der Waals surface area contributed by atoms with E-state index in [4.69, 9.17) is 14.2 Å². The number of hydrogen-bond acceptors (Lipinski definition) is 9. The molecule has 0 amide bonds. The minimum absolute atomic E-state index is 0.116. The van der Waals surface area contributed by atoms with Crippen molar-refractivity contribution in [3.05, 3.63) is 24.3 Å². The summed E-state index contributed by atoms with van der Waals surface area (Å²) in [6, 6.07) is 6.63. The zero-order chi connectivity index (χ0) is 21.9. The van der Waals surface area contributed by atoms with Gasteiger partial charge in [0.2, 0.25) is 11.9 Å². The fourth-order valence-corrected chi connectivity index (χ4v) is 2.66. The summed E-state index contributed by atoms with van der Waals surface area (Å²) in [6.45, 7) is 6.88. The average molecular weight is 418 g/mol. The SMILES string of the molecule is CCCCNc1nc(N[C@@H](CC(C)C)C(=O)OC)nc(Oc2ccc(OC)cc2)n1. The number of nitrogens with one attached hydrogen (secondary N) is 2. The molecule has 2 aromatic rings. The standard InChI is InChI=1S/C21H31N5O4/c1-6-7-12-22-19-24-20(23-17(13-14(2)3)18(27)29-5)26-21(25-19)30-16-10-8-15(28-4)9-11-16/h8-11,14,17H,6-7,12-13H2,1-5H3,(H2,22,23,24,25,26)/t17-/m0/s1. The third-order valence-electron chi connectivity index (χ3n) is 4.19. The lowest BCUT2D eigenvalue weighted by atomic mass is 10.0. The Kier molecular flexibility index (Phi) is 9.11. The molecular formula is C21H31N5O4. The molecule has 0 fully saturated rings. The molecule has 0 aliphatic heterocycles. The van der Waals surface area contributed by atoms with E-state index in [2.05, 4.69) is 32.5 Å². The maximum absolute atomic E-state index is 12.2. The first-order valence-corrected chi connectivity index (χ1v) is 10.1. The highest BCUT2D eigenvalue weighted by Crippen LogP contribution is 2.23. The quantitative estimate of drug-likeness (QED) is 0.393. The molecule has 1 aromatic carbocycles. The Morgan fingerprint density at radius 1 is 1.03 bits per heavy atom. The molecule has 164 valence electrons. The van der Waals surface area contributed by atoms with E-state index in [1.807, 2.05) is 13.8 Å². The van der Waals surface area contributed by atoms with Gasteiger partial charge in [0.05, 0.1) is 14.2 Å². The number of hydrogen-bond donors (Lipinski definition) is 2. The Hall–Kier alpha value is -3.10. The highest BCUT2D eigenvalue weighted by Gasteiger charge is 2.22. The second kappa shape index (κ2) is 11.8. The molecule has 30 heavy (non-hydrogen) atoms. The van der Waals surface area contributed by atoms with Crippen molar-refractivity contribution in [1.29, 1.82) is 0 Å². The van der Waals surface area contributed by atoms with Gasteiger partial charge >= 0.3 is 12.0 Å². The van der Waals surface area contributed by atoms with Crippen LogP contribution in [0.25, 0.3) is 0 Å². The molecule has 0 aliphatic carbocycles. The van der Waals surface area contributed by atoms with Gasteiger partial charge in [-0.05, 0) is 43.0 Å². The van der Waals surface area contributed by atoms with Crippen molar-refractivity contribution in [2.45, 2.75) is 46.1 Å². The third-order valence-corrected chi connectivity index (χ3v) is 4.19. The summed E-state index contributed by atoms with van der Waals surface area (Å²) >= 11 is 0. The van der Waals surface area contributed by atoms with E-state index < -0.39 is 6.04 Å². The van der Waals surface area contributed by atoms with Gasteiger partial charge in [-0.1, -0.05) is 27.2 Å². The Morgan fingerprint density at radius 3 is 2.30 bits per heavy atom. The summed E-state index contributed by atoms with van der Waals surface area (Å²) in [5, 5.41) is 6.23. The van der Waals surface area contributed by atoms with Crippen molar-refractivity contribution in [2.75, 3.05) is 31.4 Å². The highest BCUT2D eigenvalue weighted by atomic mass is 16.5. The summed E-state index contributed by atoms with van der Waals surface area (Å²) in [4.78, 5) is 25.2. The van der Waals surface area contributed by atoms with Crippen LogP contribution >= 0.6 is 0 Å². The van der Waals surface area contributed by atoms with Crippen LogP contribution in [0.15, 0.2) is 24.3 Å². The number of unbranched alkanes of at least 4 members (excludes halogenated alkanes) is 1. The Balaban J connectivity index is 2.26. The number of nitrogens with zero attached hydrogens (tertiary/aromatic N) is 3. The van der Waals surface area contributed by atoms with Crippen LogP contribution in [-0.4, -0.2) is 47.7 Å². The molecule has 9 nitrogen and oxygen atoms in total. The molecular weight excluding hydrogens is 386 g/mol. The maximum atomic E-state index is 12.2. The van der Waals surface area contributed by atoms with Gasteiger partial charge in [0.15, 0.2) is 0 Å². The van der Waals surface area contributed by atoms with Crippen molar-refractivity contribution in [2.24, 2.45) is 5.92 Å². The molecule has 0 spiro atoms. The zero-order valence-corrected chi connectivity index (χ0v) is 18.3. The van der Waals surface area contributed by atoms with Crippen LogP contribution in [0.3, 0.4) is 0 Å². The number of rotatable bonds is 12. The molecule has 0 radical (unpaired) electrons. The summed E-state index contributed by atoms with van der Waals surface area (Å²) in [7, 11) is 2.96. The number of benzene rings is 1. The molecule has 2 rings (SSSR count). The summed E-state index contributed by atoms with van der Waals surface area (Å²) in [5.74, 6) is 1.79. The van der Waals surface area contributed by atoms with Crippen molar-refractivity contribution in [3.63, 3.8) is 0 Å². The van der Waals surface area contributed by atoms with Crippen LogP contribution in [0, 0.1) is 5.92 Å². The third kappa shape index (κ3) is 7.38. The lowest BCUT2D eigenvalue weighted by Gasteiger charge is -2.19. The number of aromatic nitrogens is 3. The molecule has 0 saturated heterocycles. The highest BCUT2D eigenvalue weighted by molar-refractivity contribution is 5.78. The van der Waals surface area contributed by atoms with E-state index in [-0.39, 0.29) is 23.8 Å². The average Bonchev–Trinajstić information content (AvgIpc) is 2.73. The van der Waals surface area contributed by atoms with E-state index in [1.54, 1.807) is 31.4 Å². The first-order valence-electron chi connectivity index (χ1n) is 10.1. The van der Waals surface area contributed by atoms with Gasteiger partial charge in [-0.25, -0.2) is 4.79 Å². The molecule has 9 heteroatoms. The van der Waals surface area contributed by atoms with Gasteiger partial charge in [-0.15, -0.1) is 0 Å². The molecule has 0 bridgehead atoms. The predicted octanol–water partition coefficient (Wildman–Crippen LogP) is 3.88. The Bertz CT molecular complexity index is 798. The van der Waals surface area contributed by atoms with Crippen molar-refractivity contribution >= 4 is 17.9 Å². The lowest BCUT2D eigenvalue weighted by Crippen LogP contribution is -2.33. The molecule has 0 unspecified atom stereocenters. The summed E-state index contributed by atoms with van der Waals surface area (Å²) in [6.07, 6.45) is 2.59. The van der Waals surface area contributed by atoms with Gasteiger partial charge in [-0.2, -0.15) is 15.0 Å². The minimum atomic E-state index is -0.574. The molecule has 1 atom stereocenters. The monoisotopic (exact) mass is 417 g/mol. The Morgan fingerprint density at radius 2 is 1.70 bits per heavy atom. The number of ether oxygens (including phenoxy) is 3. The van der Waals surface area contributed by atoms with Gasteiger partial charge < -0.3 is 24.8 Å². The van der Waals surface area contributed by atoms with Crippen molar-refractivity contribution in [3.8, 4) is 17.5 Å². The second-order valence-corrected chi connectivity index (χ2v) is 7.17. The first-order chi connectivity index (χ1) is 14.4. The van der Waals surface area contributed by atoms with Gasteiger partial charge in [0.1, 0.15) is 17.5 Å². The largest absolute Gasteiger partial charge is 0.497 e.